The van der Waals surface area contributed by atoms with Crippen molar-refractivity contribution in [1.82, 2.24) is 19.6 Å². The van der Waals surface area contributed by atoms with Crippen LogP contribution in [0.5, 0.6) is 0 Å². The summed E-state index contributed by atoms with van der Waals surface area (Å²) in [5.41, 5.74) is 1.92. The van der Waals surface area contributed by atoms with Crippen molar-refractivity contribution in [2.75, 3.05) is 12.4 Å². The van der Waals surface area contributed by atoms with Gasteiger partial charge in [-0.3, -0.25) is 4.79 Å². The summed E-state index contributed by atoms with van der Waals surface area (Å²) < 4.78 is 44.3. The molecule has 3 aromatic rings. The summed E-state index contributed by atoms with van der Waals surface area (Å²) in [5, 5.41) is 6.32. The number of halogens is 4. The van der Waals surface area contributed by atoms with Crippen LogP contribution >= 0.6 is 11.6 Å². The van der Waals surface area contributed by atoms with Gasteiger partial charge in [-0.2, -0.15) is 18.2 Å². The van der Waals surface area contributed by atoms with Crippen LogP contribution in [0.1, 0.15) is 39.6 Å². The van der Waals surface area contributed by atoms with Crippen molar-refractivity contribution in [3.8, 4) is 0 Å². The Morgan fingerprint density at radius 1 is 1.23 bits per heavy atom. The Hall–Kier alpha value is -3.21. The van der Waals surface area contributed by atoms with E-state index >= 15 is 0 Å². The number of ether oxygens (including phenoxy) is 1. The van der Waals surface area contributed by atoms with Gasteiger partial charge in [0.25, 0.3) is 11.6 Å². The number of carbonyl (C=O) groups excluding carboxylic acids is 2. The van der Waals surface area contributed by atoms with E-state index in [1.807, 2.05) is 0 Å². The number of fused-ring (bicyclic) bond motifs is 1. The van der Waals surface area contributed by atoms with Crippen molar-refractivity contribution < 1.29 is 27.5 Å². The molecule has 0 fully saturated rings. The number of carbonyl (C=O) groups is 2. The largest absolute Gasteiger partial charge is 0.465 e. The Bertz CT molecular complexity index is 1180. The van der Waals surface area contributed by atoms with Crippen LogP contribution in [0, 0.1) is 13.8 Å². The lowest BCUT2D eigenvalue weighted by Gasteiger charge is -2.11. The zero-order valence-corrected chi connectivity index (χ0v) is 17.4. The second-order valence-electron chi connectivity index (χ2n) is 6.64. The van der Waals surface area contributed by atoms with Gasteiger partial charge in [0.2, 0.25) is 5.91 Å². The highest BCUT2D eigenvalue weighted by Gasteiger charge is 2.37. The molecule has 1 aromatic carbocycles. The summed E-state index contributed by atoms with van der Waals surface area (Å²) in [5.74, 6) is -2.45. The van der Waals surface area contributed by atoms with E-state index in [9.17, 15) is 22.8 Å². The van der Waals surface area contributed by atoms with Crippen LogP contribution in [-0.4, -0.2) is 38.6 Å². The maximum absolute atomic E-state index is 12.9. The summed E-state index contributed by atoms with van der Waals surface area (Å²) >= 11 is 5.96. The minimum Gasteiger partial charge on any atom is -0.465 e. The van der Waals surface area contributed by atoms with Crippen LogP contribution in [0.4, 0.5) is 18.9 Å². The molecule has 3 rings (SSSR count). The molecule has 164 valence electrons. The maximum atomic E-state index is 12.9. The lowest BCUT2D eigenvalue weighted by molar-refractivity contribution is -0.144. The molecule has 1 N–H and O–H groups in total. The number of aryl methyl sites for hydroxylation is 2. The lowest BCUT2D eigenvalue weighted by atomic mass is 10.1. The molecule has 0 aliphatic heterocycles. The Morgan fingerprint density at radius 3 is 2.58 bits per heavy atom. The van der Waals surface area contributed by atoms with Gasteiger partial charge in [0.1, 0.15) is 0 Å². The SMILES string of the molecule is COC(=O)c1cc(NC(=O)CCc2c(C)nc3nc(C(F)(F)F)nn3c2C)ccc1Cl. The zero-order valence-electron chi connectivity index (χ0n) is 16.7. The first-order valence-corrected chi connectivity index (χ1v) is 9.36. The molecule has 0 saturated carbocycles. The van der Waals surface area contributed by atoms with Crippen molar-refractivity contribution >= 4 is 34.9 Å². The number of rotatable bonds is 5. The van der Waals surface area contributed by atoms with Gasteiger partial charge in [0.05, 0.1) is 17.7 Å². The molecule has 12 heteroatoms. The standard InChI is InChI=1S/C19H17ClF3N5O3/c1-9-12(10(2)28-18(24-9)26-17(27-28)19(21,22)23)5-7-15(29)25-11-4-6-14(20)13(8-11)16(30)31-3/h4,6,8H,5,7H2,1-3H3,(H,25,29). The fourth-order valence-corrected chi connectivity index (χ4v) is 3.22. The van der Waals surface area contributed by atoms with Gasteiger partial charge in [-0.25, -0.2) is 14.3 Å². The van der Waals surface area contributed by atoms with Crippen molar-refractivity contribution in [1.29, 1.82) is 0 Å². The molecule has 31 heavy (non-hydrogen) atoms. The van der Waals surface area contributed by atoms with Crippen LogP contribution in [0.3, 0.4) is 0 Å². The molecule has 0 saturated heterocycles. The number of methoxy groups -OCH3 is 1. The van der Waals surface area contributed by atoms with E-state index in [0.717, 1.165) is 4.52 Å². The summed E-state index contributed by atoms with van der Waals surface area (Å²) in [4.78, 5) is 31.6. The summed E-state index contributed by atoms with van der Waals surface area (Å²) in [6.45, 7) is 3.22. The average molecular weight is 456 g/mol. The predicted octanol–water partition coefficient (Wildman–Crippen LogP) is 3.77. The molecule has 0 aliphatic carbocycles. The number of hydrogen-bond acceptors (Lipinski definition) is 6. The first kappa shape index (κ1) is 22.5. The normalized spacial score (nSPS) is 11.6. The van der Waals surface area contributed by atoms with Gasteiger partial charge >= 0.3 is 12.1 Å². The Balaban J connectivity index is 1.76. The number of esters is 1. The van der Waals surface area contributed by atoms with Crippen LogP contribution in [0.25, 0.3) is 5.78 Å². The molecule has 2 heterocycles. The lowest BCUT2D eigenvalue weighted by Crippen LogP contribution is -2.15. The number of aromatic nitrogens is 4. The van der Waals surface area contributed by atoms with Crippen molar-refractivity contribution in [3.63, 3.8) is 0 Å². The predicted molar refractivity (Wildman–Crippen MR) is 105 cm³/mol. The Morgan fingerprint density at radius 2 is 1.94 bits per heavy atom. The summed E-state index contributed by atoms with van der Waals surface area (Å²) in [7, 11) is 1.21. The molecule has 0 atom stereocenters. The third-order valence-corrected chi connectivity index (χ3v) is 4.89. The Labute approximate surface area is 179 Å². The van der Waals surface area contributed by atoms with Gasteiger partial charge in [0.15, 0.2) is 0 Å². The zero-order chi connectivity index (χ0) is 22.9. The Kier molecular flexibility index (Phi) is 6.16. The van der Waals surface area contributed by atoms with Crippen LogP contribution < -0.4 is 5.32 Å². The van der Waals surface area contributed by atoms with E-state index < -0.39 is 18.0 Å². The molecule has 0 aliphatic rings. The number of benzene rings is 1. The van der Waals surface area contributed by atoms with Gasteiger partial charge < -0.3 is 10.1 Å². The number of anilines is 1. The fourth-order valence-electron chi connectivity index (χ4n) is 3.02. The number of nitrogens with one attached hydrogen (secondary N) is 1. The molecule has 0 radical (unpaired) electrons. The first-order chi connectivity index (χ1) is 14.5. The highest BCUT2D eigenvalue weighted by atomic mass is 35.5. The highest BCUT2D eigenvalue weighted by molar-refractivity contribution is 6.33. The summed E-state index contributed by atoms with van der Waals surface area (Å²) in [6, 6.07) is 4.38. The van der Waals surface area contributed by atoms with Gasteiger partial charge in [0, 0.05) is 23.5 Å². The van der Waals surface area contributed by atoms with Crippen LogP contribution in [-0.2, 0) is 22.1 Å². The first-order valence-electron chi connectivity index (χ1n) is 8.99. The van der Waals surface area contributed by atoms with Gasteiger partial charge in [-0.1, -0.05) is 11.6 Å². The van der Waals surface area contributed by atoms with E-state index in [1.165, 1.54) is 25.3 Å². The minimum absolute atomic E-state index is 0.0197. The molecule has 0 spiro atoms. The van der Waals surface area contributed by atoms with E-state index in [4.69, 9.17) is 11.6 Å². The third kappa shape index (κ3) is 4.76. The smallest absolute Gasteiger partial charge is 0.453 e. The molecule has 2 aromatic heterocycles. The number of nitrogens with zero attached hydrogens (tertiary/aromatic N) is 4. The second-order valence-corrected chi connectivity index (χ2v) is 7.05. The van der Waals surface area contributed by atoms with Gasteiger partial charge in [-0.05, 0) is 44.0 Å². The van der Waals surface area contributed by atoms with E-state index in [0.29, 0.717) is 22.6 Å². The molecule has 0 unspecified atom stereocenters. The molecule has 1 amide bonds. The minimum atomic E-state index is -4.68. The average Bonchev–Trinajstić information content (AvgIpc) is 3.13. The molecular weight excluding hydrogens is 439 g/mol. The van der Waals surface area contributed by atoms with E-state index in [-0.39, 0.29) is 35.1 Å². The van der Waals surface area contributed by atoms with E-state index in [1.54, 1.807) is 13.8 Å². The molecule has 8 nitrogen and oxygen atoms in total. The molecule has 0 bridgehead atoms. The third-order valence-electron chi connectivity index (χ3n) is 4.56. The highest BCUT2D eigenvalue weighted by Crippen LogP contribution is 2.27. The number of alkyl halides is 3. The van der Waals surface area contributed by atoms with Crippen LogP contribution in [0.2, 0.25) is 5.02 Å². The molecular formula is C19H17ClF3N5O3. The van der Waals surface area contributed by atoms with Crippen molar-refractivity contribution in [2.24, 2.45) is 0 Å². The maximum Gasteiger partial charge on any atom is 0.453 e. The monoisotopic (exact) mass is 455 g/mol. The second kappa shape index (κ2) is 8.50. The van der Waals surface area contributed by atoms with Crippen LogP contribution in [0.15, 0.2) is 18.2 Å². The quantitative estimate of drug-likeness (QED) is 0.588. The van der Waals surface area contributed by atoms with Gasteiger partial charge in [-0.15, -0.1) is 5.10 Å². The number of hydrogen-bond donors (Lipinski definition) is 1. The van der Waals surface area contributed by atoms with E-state index in [2.05, 4.69) is 25.1 Å². The number of amides is 1. The van der Waals surface area contributed by atoms with Crippen molar-refractivity contribution in [2.45, 2.75) is 32.9 Å². The summed E-state index contributed by atoms with van der Waals surface area (Å²) in [6.07, 6.45) is -4.45. The van der Waals surface area contributed by atoms with Crippen molar-refractivity contribution in [3.05, 3.63) is 51.6 Å². The topological polar surface area (TPSA) is 98.5 Å². The fraction of sp³-hybridized carbons (Fsp3) is 0.316.